The normalized spacial score (nSPS) is 12.0. The van der Waals surface area contributed by atoms with Crippen LogP contribution in [0, 0.1) is 25.2 Å². The molecule has 27 heavy (non-hydrogen) atoms. The van der Waals surface area contributed by atoms with E-state index < -0.39 is 5.92 Å². The summed E-state index contributed by atoms with van der Waals surface area (Å²) in [6.07, 6.45) is 0. The monoisotopic (exact) mass is 355 g/mol. The smallest absolute Gasteiger partial charge is 0.220 e. The maximum absolute atomic E-state index is 12.9. The van der Waals surface area contributed by atoms with E-state index in [9.17, 15) is 10.1 Å². The summed E-state index contributed by atoms with van der Waals surface area (Å²) in [6.45, 7) is 4.07. The molecule has 0 saturated heterocycles. The van der Waals surface area contributed by atoms with Gasteiger partial charge in [0.25, 0.3) is 0 Å². The van der Waals surface area contributed by atoms with E-state index in [0.717, 1.165) is 17.1 Å². The lowest BCUT2D eigenvalue weighted by atomic mass is 9.98. The first kappa shape index (κ1) is 16.8. The Hall–Kier alpha value is -3.65. The molecule has 2 aromatic heterocycles. The molecule has 0 unspecified atom stereocenters. The predicted molar refractivity (Wildman–Crippen MR) is 102 cm³/mol. The van der Waals surface area contributed by atoms with Gasteiger partial charge in [-0.05, 0) is 62.4 Å². The summed E-state index contributed by atoms with van der Waals surface area (Å²) in [5.41, 5.74) is 4.86. The van der Waals surface area contributed by atoms with E-state index in [4.69, 9.17) is 4.42 Å². The Morgan fingerprint density at radius 2 is 1.70 bits per heavy atom. The van der Waals surface area contributed by atoms with E-state index >= 15 is 0 Å². The van der Waals surface area contributed by atoms with Crippen molar-refractivity contribution in [2.45, 2.75) is 19.8 Å². The number of Topliss-reactive ketones (excluding diaryl/α,β-unsaturated/α-hetero) is 1. The Kier molecular flexibility index (Phi) is 4.09. The molecule has 4 rings (SSSR count). The van der Waals surface area contributed by atoms with E-state index in [2.05, 4.69) is 9.55 Å². The molecule has 1 atom stereocenters. The fourth-order valence-corrected chi connectivity index (χ4v) is 3.26. The number of para-hydroxylation sites is 2. The highest BCUT2D eigenvalue weighted by Gasteiger charge is 2.27. The van der Waals surface area contributed by atoms with Crippen LogP contribution >= 0.6 is 0 Å². The summed E-state index contributed by atoms with van der Waals surface area (Å²) in [4.78, 5) is 17.2. The number of oxazole rings is 1. The first-order valence-electron chi connectivity index (χ1n) is 8.63. The highest BCUT2D eigenvalue weighted by atomic mass is 16.3. The lowest BCUT2D eigenvalue weighted by molar-refractivity contribution is 0.0970. The van der Waals surface area contributed by atoms with Gasteiger partial charge in [0.2, 0.25) is 5.89 Å². The fourth-order valence-electron chi connectivity index (χ4n) is 3.26. The van der Waals surface area contributed by atoms with Crippen LogP contribution in [0.5, 0.6) is 0 Å². The van der Waals surface area contributed by atoms with Crippen LogP contribution in [0.3, 0.4) is 0 Å². The quantitative estimate of drug-likeness (QED) is 0.496. The van der Waals surface area contributed by atoms with Crippen molar-refractivity contribution < 1.29 is 9.21 Å². The second-order valence-electron chi connectivity index (χ2n) is 6.44. The standard InChI is InChI=1S/C22H17N3O2/c1-14-7-8-15(2)25(14)17-11-9-16(10-12-17)21(26)18(13-23)22-24-19-5-3-4-6-20(19)27-22/h3-12,18H,1-2H3/t18-/m0/s1. The summed E-state index contributed by atoms with van der Waals surface area (Å²) in [6, 6.07) is 20.6. The minimum atomic E-state index is -1.07. The van der Waals surface area contributed by atoms with E-state index in [1.165, 1.54) is 0 Å². The first-order valence-corrected chi connectivity index (χ1v) is 8.63. The van der Waals surface area contributed by atoms with Crippen molar-refractivity contribution >= 4 is 16.9 Å². The molecule has 0 amide bonds. The maximum Gasteiger partial charge on any atom is 0.220 e. The van der Waals surface area contributed by atoms with Gasteiger partial charge in [0.15, 0.2) is 17.3 Å². The van der Waals surface area contributed by atoms with Crippen LogP contribution < -0.4 is 0 Å². The number of nitriles is 1. The van der Waals surface area contributed by atoms with Crippen LogP contribution in [0.2, 0.25) is 0 Å². The Morgan fingerprint density at radius 1 is 1.04 bits per heavy atom. The third-order valence-electron chi connectivity index (χ3n) is 4.63. The van der Waals surface area contributed by atoms with Crippen LogP contribution in [-0.2, 0) is 0 Å². The minimum Gasteiger partial charge on any atom is -0.439 e. The number of fused-ring (bicyclic) bond motifs is 1. The molecule has 0 radical (unpaired) electrons. The molecule has 2 heterocycles. The van der Waals surface area contributed by atoms with Crippen LogP contribution in [0.15, 0.2) is 65.1 Å². The number of hydrogen-bond acceptors (Lipinski definition) is 4. The molecule has 5 nitrogen and oxygen atoms in total. The molecule has 0 N–H and O–H groups in total. The van der Waals surface area contributed by atoms with Gasteiger partial charge in [-0.3, -0.25) is 4.79 Å². The molecule has 132 valence electrons. The second kappa shape index (κ2) is 6.58. The zero-order valence-corrected chi connectivity index (χ0v) is 15.0. The highest BCUT2D eigenvalue weighted by Crippen LogP contribution is 2.25. The van der Waals surface area contributed by atoms with Gasteiger partial charge < -0.3 is 8.98 Å². The number of aromatic nitrogens is 2. The average Bonchev–Trinajstić information content (AvgIpc) is 3.25. The fraction of sp³-hybridized carbons (Fsp3) is 0.136. The molecule has 5 heteroatoms. The first-order chi connectivity index (χ1) is 13.1. The summed E-state index contributed by atoms with van der Waals surface area (Å²) in [7, 11) is 0. The highest BCUT2D eigenvalue weighted by molar-refractivity contribution is 6.02. The molecule has 0 aliphatic rings. The number of carbonyl (C=O) groups excluding carboxylic acids is 1. The van der Waals surface area contributed by atoms with Crippen LogP contribution in [0.4, 0.5) is 0 Å². The van der Waals surface area contributed by atoms with Gasteiger partial charge in [-0.15, -0.1) is 0 Å². The van der Waals surface area contributed by atoms with Crippen molar-refractivity contribution in [3.05, 3.63) is 83.5 Å². The Balaban J connectivity index is 1.66. The van der Waals surface area contributed by atoms with E-state index in [0.29, 0.717) is 16.7 Å². The van der Waals surface area contributed by atoms with Crippen molar-refractivity contribution in [1.82, 2.24) is 9.55 Å². The lowest BCUT2D eigenvalue weighted by Gasteiger charge is -2.10. The third-order valence-corrected chi connectivity index (χ3v) is 4.63. The Labute approximate surface area is 156 Å². The average molecular weight is 355 g/mol. The predicted octanol–water partition coefficient (Wildman–Crippen LogP) is 4.73. The van der Waals surface area contributed by atoms with Crippen LogP contribution in [-0.4, -0.2) is 15.3 Å². The van der Waals surface area contributed by atoms with Gasteiger partial charge in [0.1, 0.15) is 5.52 Å². The van der Waals surface area contributed by atoms with Gasteiger partial charge >= 0.3 is 0 Å². The van der Waals surface area contributed by atoms with E-state index in [1.54, 1.807) is 24.3 Å². The Bertz CT molecular complexity index is 1120. The molecule has 0 saturated carbocycles. The molecule has 0 aliphatic carbocycles. The summed E-state index contributed by atoms with van der Waals surface area (Å²) in [5.74, 6) is -1.26. The molecule has 0 bridgehead atoms. The Morgan fingerprint density at radius 3 is 2.33 bits per heavy atom. The molecular weight excluding hydrogens is 338 g/mol. The lowest BCUT2D eigenvalue weighted by Crippen LogP contribution is -2.12. The summed E-state index contributed by atoms with van der Waals surface area (Å²) < 4.78 is 7.73. The van der Waals surface area contributed by atoms with Gasteiger partial charge in [0.05, 0.1) is 6.07 Å². The molecule has 0 aliphatic heterocycles. The molecular formula is C22H17N3O2. The van der Waals surface area contributed by atoms with Crippen molar-refractivity contribution in [2.24, 2.45) is 0 Å². The van der Waals surface area contributed by atoms with E-state index in [1.807, 2.05) is 56.3 Å². The maximum atomic E-state index is 12.9. The molecule has 0 fully saturated rings. The summed E-state index contributed by atoms with van der Waals surface area (Å²) in [5, 5.41) is 9.54. The third kappa shape index (κ3) is 2.91. The van der Waals surface area contributed by atoms with Crippen LogP contribution in [0.25, 0.3) is 16.8 Å². The zero-order chi connectivity index (χ0) is 19.0. The molecule has 4 aromatic rings. The topological polar surface area (TPSA) is 71.8 Å². The SMILES string of the molecule is Cc1ccc(C)n1-c1ccc(C(=O)[C@H](C#N)c2nc3ccccc3o2)cc1. The minimum absolute atomic E-state index is 0.130. The molecule has 0 spiro atoms. The largest absolute Gasteiger partial charge is 0.439 e. The summed E-state index contributed by atoms with van der Waals surface area (Å²) >= 11 is 0. The van der Waals surface area contributed by atoms with Gasteiger partial charge in [-0.1, -0.05) is 12.1 Å². The van der Waals surface area contributed by atoms with E-state index in [-0.39, 0.29) is 11.7 Å². The van der Waals surface area contributed by atoms with Gasteiger partial charge in [0, 0.05) is 22.6 Å². The number of ketones is 1. The van der Waals surface area contributed by atoms with Crippen LogP contribution in [0.1, 0.15) is 33.6 Å². The van der Waals surface area contributed by atoms with Gasteiger partial charge in [-0.25, -0.2) is 4.98 Å². The molecule has 2 aromatic carbocycles. The van der Waals surface area contributed by atoms with Crippen molar-refractivity contribution in [1.29, 1.82) is 5.26 Å². The van der Waals surface area contributed by atoms with Gasteiger partial charge in [-0.2, -0.15) is 5.26 Å². The number of carbonyl (C=O) groups is 1. The number of aryl methyl sites for hydroxylation is 2. The van der Waals surface area contributed by atoms with Crippen molar-refractivity contribution in [3.63, 3.8) is 0 Å². The number of nitrogens with zero attached hydrogens (tertiary/aromatic N) is 3. The second-order valence-corrected chi connectivity index (χ2v) is 6.44. The number of hydrogen-bond donors (Lipinski definition) is 0. The zero-order valence-electron chi connectivity index (χ0n) is 15.0. The van der Waals surface area contributed by atoms with Crippen molar-refractivity contribution in [3.8, 4) is 11.8 Å². The van der Waals surface area contributed by atoms with Crippen molar-refractivity contribution in [2.75, 3.05) is 0 Å². The number of rotatable bonds is 4. The number of benzene rings is 2.